The maximum Gasteiger partial charge on any atom is 0.255 e. The highest BCUT2D eigenvalue weighted by molar-refractivity contribution is 5.94. The van der Waals surface area contributed by atoms with Crippen molar-refractivity contribution >= 4 is 5.91 Å². The Kier molecular flexibility index (Phi) is 3.18. The number of aryl methyl sites for hydroxylation is 3. The van der Waals surface area contributed by atoms with E-state index in [9.17, 15) is 4.79 Å². The fourth-order valence-electron chi connectivity index (χ4n) is 1.81. The average molecular weight is 247 g/mol. The van der Waals surface area contributed by atoms with Crippen molar-refractivity contribution in [3.63, 3.8) is 0 Å². The van der Waals surface area contributed by atoms with Crippen LogP contribution in [0, 0.1) is 13.8 Å². The molecule has 0 aliphatic carbocycles. The molecule has 0 fully saturated rings. The van der Waals surface area contributed by atoms with E-state index in [1.807, 2.05) is 20.9 Å². The lowest BCUT2D eigenvalue weighted by Gasteiger charge is -2.03. The third-order valence-corrected chi connectivity index (χ3v) is 3.03. The highest BCUT2D eigenvalue weighted by Crippen LogP contribution is 2.07. The second-order valence-corrected chi connectivity index (χ2v) is 4.36. The highest BCUT2D eigenvalue weighted by atomic mass is 16.1. The molecule has 0 saturated carbocycles. The second-order valence-electron chi connectivity index (χ2n) is 4.36. The van der Waals surface area contributed by atoms with Gasteiger partial charge in [0, 0.05) is 38.1 Å². The Balaban J connectivity index is 2.05. The summed E-state index contributed by atoms with van der Waals surface area (Å²) in [5.74, 6) is -0.108. The van der Waals surface area contributed by atoms with Gasteiger partial charge in [-0.05, 0) is 13.8 Å². The molecule has 0 unspecified atom stereocenters. The van der Waals surface area contributed by atoms with Crippen LogP contribution in [-0.4, -0.2) is 25.5 Å². The van der Waals surface area contributed by atoms with Crippen LogP contribution in [0.5, 0.6) is 0 Å². The Bertz CT molecular complexity index is 581. The van der Waals surface area contributed by atoms with E-state index in [-0.39, 0.29) is 5.91 Å². The van der Waals surface area contributed by atoms with Gasteiger partial charge in [0.05, 0.1) is 17.5 Å². The Hall–Kier alpha value is -2.11. The average Bonchev–Trinajstić information content (AvgIpc) is 2.81. The maximum absolute atomic E-state index is 12.0. The molecule has 0 radical (unpaired) electrons. The number of hydrogen-bond acceptors (Lipinski definition) is 3. The fraction of sp³-hybridized carbons (Fsp3) is 0.417. The molecule has 2 heterocycles. The molecule has 96 valence electrons. The predicted octanol–water partition coefficient (Wildman–Crippen LogP) is 0.700. The number of amides is 1. The highest BCUT2D eigenvalue weighted by Gasteiger charge is 2.13. The predicted molar refractivity (Wildman–Crippen MR) is 67.1 cm³/mol. The first-order chi connectivity index (χ1) is 8.49. The van der Waals surface area contributed by atoms with Gasteiger partial charge in [-0.1, -0.05) is 0 Å². The quantitative estimate of drug-likeness (QED) is 0.868. The zero-order valence-electron chi connectivity index (χ0n) is 11.1. The third kappa shape index (κ3) is 2.27. The molecule has 0 bridgehead atoms. The van der Waals surface area contributed by atoms with E-state index in [0.29, 0.717) is 12.1 Å². The van der Waals surface area contributed by atoms with Crippen LogP contribution in [0.25, 0.3) is 0 Å². The molecule has 0 atom stereocenters. The summed E-state index contributed by atoms with van der Waals surface area (Å²) in [7, 11) is 3.68. The Labute approximate surface area is 106 Å². The number of aromatic nitrogens is 4. The third-order valence-electron chi connectivity index (χ3n) is 3.03. The van der Waals surface area contributed by atoms with E-state index in [2.05, 4.69) is 15.5 Å². The lowest BCUT2D eigenvalue weighted by Crippen LogP contribution is -2.23. The SMILES string of the molecule is Cc1nn(C)cc1C(=O)NCc1cnn(C)c1C. The number of carbonyl (C=O) groups is 1. The largest absolute Gasteiger partial charge is 0.348 e. The molecule has 2 aromatic heterocycles. The van der Waals surface area contributed by atoms with Gasteiger partial charge in [-0.2, -0.15) is 10.2 Å². The first kappa shape index (κ1) is 12.3. The molecule has 2 aromatic rings. The molecular formula is C12H17N5O. The van der Waals surface area contributed by atoms with Gasteiger partial charge in [0.15, 0.2) is 0 Å². The molecule has 0 spiro atoms. The summed E-state index contributed by atoms with van der Waals surface area (Å²) >= 11 is 0. The van der Waals surface area contributed by atoms with Crippen molar-refractivity contribution in [1.82, 2.24) is 24.9 Å². The lowest BCUT2D eigenvalue weighted by atomic mass is 10.2. The van der Waals surface area contributed by atoms with Crippen LogP contribution in [0.4, 0.5) is 0 Å². The zero-order valence-corrected chi connectivity index (χ0v) is 11.1. The van der Waals surface area contributed by atoms with Gasteiger partial charge in [-0.3, -0.25) is 14.2 Å². The van der Waals surface area contributed by atoms with E-state index in [1.165, 1.54) is 0 Å². The van der Waals surface area contributed by atoms with Crippen molar-refractivity contribution in [3.8, 4) is 0 Å². The molecule has 0 aromatic carbocycles. The molecule has 18 heavy (non-hydrogen) atoms. The van der Waals surface area contributed by atoms with Crippen molar-refractivity contribution < 1.29 is 4.79 Å². The van der Waals surface area contributed by atoms with Gasteiger partial charge in [0.1, 0.15) is 0 Å². The van der Waals surface area contributed by atoms with E-state index >= 15 is 0 Å². The molecule has 0 aliphatic heterocycles. The van der Waals surface area contributed by atoms with Gasteiger partial charge in [-0.15, -0.1) is 0 Å². The molecule has 6 heteroatoms. The van der Waals surface area contributed by atoms with Crippen LogP contribution >= 0.6 is 0 Å². The number of hydrogen-bond donors (Lipinski definition) is 1. The molecular weight excluding hydrogens is 230 g/mol. The summed E-state index contributed by atoms with van der Waals surface area (Å²) in [4.78, 5) is 12.0. The van der Waals surface area contributed by atoms with E-state index < -0.39 is 0 Å². The molecule has 0 saturated heterocycles. The Morgan fingerprint density at radius 2 is 2.11 bits per heavy atom. The number of nitrogens with one attached hydrogen (secondary N) is 1. The summed E-state index contributed by atoms with van der Waals surface area (Å²) in [5, 5.41) is 11.2. The van der Waals surface area contributed by atoms with Gasteiger partial charge in [0.2, 0.25) is 0 Å². The van der Waals surface area contributed by atoms with Crippen LogP contribution in [0.15, 0.2) is 12.4 Å². The van der Waals surface area contributed by atoms with Crippen LogP contribution < -0.4 is 5.32 Å². The van der Waals surface area contributed by atoms with E-state index in [1.54, 1.807) is 28.8 Å². The zero-order chi connectivity index (χ0) is 13.3. The van der Waals surface area contributed by atoms with Crippen LogP contribution in [-0.2, 0) is 20.6 Å². The first-order valence-electron chi connectivity index (χ1n) is 5.75. The number of rotatable bonds is 3. The van der Waals surface area contributed by atoms with Crippen LogP contribution in [0.3, 0.4) is 0 Å². The van der Waals surface area contributed by atoms with Gasteiger partial charge in [-0.25, -0.2) is 0 Å². The van der Waals surface area contributed by atoms with Crippen molar-refractivity contribution in [2.45, 2.75) is 20.4 Å². The first-order valence-corrected chi connectivity index (χ1v) is 5.75. The minimum atomic E-state index is -0.108. The monoisotopic (exact) mass is 247 g/mol. The van der Waals surface area contributed by atoms with Crippen molar-refractivity contribution in [1.29, 1.82) is 0 Å². The van der Waals surface area contributed by atoms with Crippen molar-refractivity contribution in [2.24, 2.45) is 14.1 Å². The molecule has 6 nitrogen and oxygen atoms in total. The topological polar surface area (TPSA) is 64.7 Å². The molecule has 1 N–H and O–H groups in total. The van der Waals surface area contributed by atoms with Crippen LogP contribution in [0.2, 0.25) is 0 Å². The maximum atomic E-state index is 12.0. The lowest BCUT2D eigenvalue weighted by molar-refractivity contribution is 0.0950. The summed E-state index contributed by atoms with van der Waals surface area (Å²) in [6.45, 7) is 4.28. The summed E-state index contributed by atoms with van der Waals surface area (Å²) < 4.78 is 3.43. The summed E-state index contributed by atoms with van der Waals surface area (Å²) in [6.07, 6.45) is 3.49. The minimum Gasteiger partial charge on any atom is -0.348 e. The van der Waals surface area contributed by atoms with Gasteiger partial charge >= 0.3 is 0 Å². The standard InChI is InChI=1S/C12H17N5O/c1-8-11(7-16(3)15-8)12(18)13-5-10-6-14-17(4)9(10)2/h6-7H,5H2,1-4H3,(H,13,18). The smallest absolute Gasteiger partial charge is 0.255 e. The van der Waals surface area contributed by atoms with Crippen molar-refractivity contribution in [3.05, 3.63) is 34.9 Å². The van der Waals surface area contributed by atoms with Crippen LogP contribution in [0.1, 0.15) is 27.3 Å². The fourth-order valence-corrected chi connectivity index (χ4v) is 1.81. The number of nitrogens with zero attached hydrogens (tertiary/aromatic N) is 4. The normalized spacial score (nSPS) is 10.7. The van der Waals surface area contributed by atoms with Gasteiger partial charge in [0.25, 0.3) is 5.91 Å². The molecule has 0 aliphatic rings. The van der Waals surface area contributed by atoms with E-state index in [0.717, 1.165) is 17.0 Å². The molecule has 2 rings (SSSR count). The van der Waals surface area contributed by atoms with E-state index in [4.69, 9.17) is 0 Å². The minimum absolute atomic E-state index is 0.108. The Morgan fingerprint density at radius 1 is 1.39 bits per heavy atom. The Morgan fingerprint density at radius 3 is 2.61 bits per heavy atom. The van der Waals surface area contributed by atoms with Gasteiger partial charge < -0.3 is 5.32 Å². The number of carbonyl (C=O) groups excluding carboxylic acids is 1. The summed E-state index contributed by atoms with van der Waals surface area (Å²) in [5.41, 5.74) is 3.42. The van der Waals surface area contributed by atoms with Crippen molar-refractivity contribution in [2.75, 3.05) is 0 Å². The second kappa shape index (κ2) is 4.64. The summed E-state index contributed by atoms with van der Waals surface area (Å²) in [6, 6.07) is 0. The molecule has 1 amide bonds.